The average Bonchev–Trinajstić information content (AvgIpc) is 3.15. The summed E-state index contributed by atoms with van der Waals surface area (Å²) in [6, 6.07) is 8.87. The molecule has 1 fully saturated rings. The molecule has 0 aliphatic heterocycles. The number of esters is 1. The van der Waals surface area contributed by atoms with Gasteiger partial charge in [-0.1, -0.05) is 13.0 Å². The molecule has 5 heteroatoms. The van der Waals surface area contributed by atoms with Crippen molar-refractivity contribution in [1.82, 2.24) is 0 Å². The summed E-state index contributed by atoms with van der Waals surface area (Å²) in [6.07, 6.45) is 4.22. The molecule has 1 saturated carbocycles. The van der Waals surface area contributed by atoms with Crippen LogP contribution in [0.25, 0.3) is 6.08 Å². The highest BCUT2D eigenvalue weighted by Gasteiger charge is 2.36. The molecule has 130 valence electrons. The van der Waals surface area contributed by atoms with Crippen LogP contribution in [0.1, 0.15) is 46.7 Å². The minimum Gasteiger partial charge on any atom is -0.465 e. The summed E-state index contributed by atoms with van der Waals surface area (Å²) in [5.74, 6) is 2.10. The summed E-state index contributed by atoms with van der Waals surface area (Å²) >= 11 is 0. The number of nitrogens with one attached hydrogen (secondary N) is 1. The summed E-state index contributed by atoms with van der Waals surface area (Å²) < 4.78 is 10.4. The van der Waals surface area contributed by atoms with Crippen LogP contribution >= 0.6 is 0 Å². The highest BCUT2D eigenvalue weighted by Crippen LogP contribution is 2.47. The molecule has 0 saturated heterocycles. The summed E-state index contributed by atoms with van der Waals surface area (Å²) in [7, 11) is 1.32. The lowest BCUT2D eigenvalue weighted by Crippen LogP contribution is -2.10. The number of benzene rings is 1. The molecular formula is C20H21NO4. The number of ether oxygens (including phenoxy) is 1. The van der Waals surface area contributed by atoms with E-state index < -0.39 is 5.97 Å². The Balaban J connectivity index is 1.66. The number of aryl methyl sites for hydroxylation is 1. The smallest absolute Gasteiger partial charge is 0.337 e. The standard InChI is InChI=1S/C20H21NO4/c1-12-4-5-14(20(23)24-3)11-17(12)21-19(22)9-7-15-6-8-18(25-15)16-10-13(16)2/h4-9,11,13,16H,10H2,1-3H3,(H,21,22)/b9-7+. The van der Waals surface area contributed by atoms with Gasteiger partial charge in [-0.2, -0.15) is 0 Å². The first-order chi connectivity index (χ1) is 12.0. The molecule has 1 amide bonds. The summed E-state index contributed by atoms with van der Waals surface area (Å²) in [5, 5.41) is 2.77. The summed E-state index contributed by atoms with van der Waals surface area (Å²) in [5.41, 5.74) is 1.82. The molecule has 1 aliphatic carbocycles. The van der Waals surface area contributed by atoms with Crippen molar-refractivity contribution in [2.45, 2.75) is 26.2 Å². The van der Waals surface area contributed by atoms with Crippen molar-refractivity contribution in [2.75, 3.05) is 12.4 Å². The molecule has 0 spiro atoms. The van der Waals surface area contributed by atoms with Crippen LogP contribution < -0.4 is 5.32 Å². The molecule has 1 aliphatic rings. The Morgan fingerprint density at radius 3 is 2.72 bits per heavy atom. The van der Waals surface area contributed by atoms with E-state index in [0.29, 0.717) is 28.8 Å². The van der Waals surface area contributed by atoms with E-state index in [4.69, 9.17) is 9.15 Å². The lowest BCUT2D eigenvalue weighted by Gasteiger charge is -2.08. The van der Waals surface area contributed by atoms with Gasteiger partial charge in [0.15, 0.2) is 0 Å². The molecule has 0 bridgehead atoms. The first kappa shape index (κ1) is 17.0. The van der Waals surface area contributed by atoms with Crippen LogP contribution in [-0.4, -0.2) is 19.0 Å². The quantitative estimate of drug-likeness (QED) is 0.656. The SMILES string of the molecule is COC(=O)c1ccc(C)c(NC(=O)/C=C/c2ccc(C3CC3C)o2)c1. The van der Waals surface area contributed by atoms with Gasteiger partial charge >= 0.3 is 5.97 Å². The molecule has 2 unspecified atom stereocenters. The van der Waals surface area contributed by atoms with Crippen molar-refractivity contribution >= 4 is 23.6 Å². The molecule has 2 aromatic rings. The largest absolute Gasteiger partial charge is 0.465 e. The predicted molar refractivity (Wildman–Crippen MR) is 95.4 cm³/mol. The average molecular weight is 339 g/mol. The van der Waals surface area contributed by atoms with E-state index in [9.17, 15) is 9.59 Å². The predicted octanol–water partition coefficient (Wildman–Crippen LogP) is 4.15. The van der Waals surface area contributed by atoms with Gasteiger partial charge in [-0.15, -0.1) is 0 Å². The second-order valence-electron chi connectivity index (χ2n) is 6.40. The Hall–Kier alpha value is -2.82. The Bertz CT molecular complexity index is 834. The van der Waals surface area contributed by atoms with Crippen molar-refractivity contribution in [2.24, 2.45) is 5.92 Å². The number of furan rings is 1. The first-order valence-electron chi connectivity index (χ1n) is 8.25. The molecule has 0 radical (unpaired) electrons. The van der Waals surface area contributed by atoms with E-state index in [-0.39, 0.29) is 5.91 Å². The number of amides is 1. The number of carbonyl (C=O) groups is 2. The molecule has 5 nitrogen and oxygen atoms in total. The Morgan fingerprint density at radius 1 is 1.28 bits per heavy atom. The second kappa shape index (κ2) is 6.97. The molecule has 1 aromatic heterocycles. The van der Waals surface area contributed by atoms with Gasteiger partial charge in [0.2, 0.25) is 5.91 Å². The van der Waals surface area contributed by atoms with Gasteiger partial charge in [-0.05, 0) is 55.2 Å². The Labute approximate surface area is 146 Å². The van der Waals surface area contributed by atoms with Gasteiger partial charge in [-0.25, -0.2) is 4.79 Å². The van der Waals surface area contributed by atoms with Crippen molar-refractivity contribution in [3.63, 3.8) is 0 Å². The second-order valence-corrected chi connectivity index (χ2v) is 6.40. The Kier molecular flexibility index (Phi) is 4.74. The van der Waals surface area contributed by atoms with Gasteiger partial charge in [0.05, 0.1) is 12.7 Å². The van der Waals surface area contributed by atoms with Crippen molar-refractivity contribution < 1.29 is 18.7 Å². The maximum absolute atomic E-state index is 12.1. The number of rotatable bonds is 5. The van der Waals surface area contributed by atoms with Crippen molar-refractivity contribution in [3.8, 4) is 0 Å². The molecular weight excluding hydrogens is 318 g/mol. The van der Waals surface area contributed by atoms with Gasteiger partial charge in [0.25, 0.3) is 0 Å². The van der Waals surface area contributed by atoms with E-state index in [1.54, 1.807) is 24.3 Å². The van der Waals surface area contributed by atoms with Crippen LogP contribution in [0, 0.1) is 12.8 Å². The van der Waals surface area contributed by atoms with E-state index >= 15 is 0 Å². The monoisotopic (exact) mass is 339 g/mol. The number of carbonyl (C=O) groups excluding carboxylic acids is 2. The van der Waals surface area contributed by atoms with E-state index in [1.165, 1.54) is 13.2 Å². The number of hydrogen-bond donors (Lipinski definition) is 1. The third kappa shape index (κ3) is 3.99. The van der Waals surface area contributed by atoms with Gasteiger partial charge in [0.1, 0.15) is 11.5 Å². The number of anilines is 1. The first-order valence-corrected chi connectivity index (χ1v) is 8.25. The normalized spacial score (nSPS) is 19.0. The van der Waals surface area contributed by atoms with Gasteiger partial charge in [-0.3, -0.25) is 4.79 Å². The minimum absolute atomic E-state index is 0.289. The van der Waals surface area contributed by atoms with Crippen LogP contribution in [0.15, 0.2) is 40.8 Å². The summed E-state index contributed by atoms with van der Waals surface area (Å²) in [4.78, 5) is 23.7. The van der Waals surface area contributed by atoms with E-state index in [1.807, 2.05) is 19.1 Å². The maximum atomic E-state index is 12.1. The van der Waals surface area contributed by atoms with Gasteiger partial charge in [0, 0.05) is 17.7 Å². The van der Waals surface area contributed by atoms with Crippen molar-refractivity contribution in [3.05, 3.63) is 59.1 Å². The highest BCUT2D eigenvalue weighted by molar-refractivity contribution is 6.03. The molecule has 25 heavy (non-hydrogen) atoms. The third-order valence-electron chi connectivity index (χ3n) is 4.44. The lowest BCUT2D eigenvalue weighted by atomic mass is 10.1. The topological polar surface area (TPSA) is 68.5 Å². The fraction of sp³-hybridized carbons (Fsp3) is 0.300. The molecule has 2 atom stereocenters. The zero-order valence-electron chi connectivity index (χ0n) is 14.5. The van der Waals surface area contributed by atoms with Crippen LogP contribution in [-0.2, 0) is 9.53 Å². The molecule has 3 rings (SSSR count). The molecule has 1 N–H and O–H groups in total. The fourth-order valence-corrected chi connectivity index (χ4v) is 2.71. The van der Waals surface area contributed by atoms with Crippen LogP contribution in [0.2, 0.25) is 0 Å². The van der Waals surface area contributed by atoms with E-state index in [2.05, 4.69) is 12.2 Å². The highest BCUT2D eigenvalue weighted by atomic mass is 16.5. The lowest BCUT2D eigenvalue weighted by molar-refractivity contribution is -0.111. The van der Waals surface area contributed by atoms with Crippen molar-refractivity contribution in [1.29, 1.82) is 0 Å². The molecule has 1 heterocycles. The fourth-order valence-electron chi connectivity index (χ4n) is 2.71. The Morgan fingerprint density at radius 2 is 2.04 bits per heavy atom. The third-order valence-corrected chi connectivity index (χ3v) is 4.44. The zero-order chi connectivity index (χ0) is 18.0. The zero-order valence-corrected chi connectivity index (χ0v) is 14.5. The maximum Gasteiger partial charge on any atom is 0.337 e. The molecule has 1 aromatic carbocycles. The summed E-state index contributed by atoms with van der Waals surface area (Å²) in [6.45, 7) is 4.05. The van der Waals surface area contributed by atoms with Crippen LogP contribution in [0.5, 0.6) is 0 Å². The minimum atomic E-state index is -0.441. The van der Waals surface area contributed by atoms with Crippen LogP contribution in [0.4, 0.5) is 5.69 Å². The van der Waals surface area contributed by atoms with Crippen LogP contribution in [0.3, 0.4) is 0 Å². The number of hydrogen-bond acceptors (Lipinski definition) is 4. The number of methoxy groups -OCH3 is 1. The van der Waals surface area contributed by atoms with Gasteiger partial charge < -0.3 is 14.5 Å². The van der Waals surface area contributed by atoms with E-state index in [0.717, 1.165) is 17.7 Å².